The Kier molecular flexibility index (Phi) is 8.43. The molecule has 9 heteroatoms. The van der Waals surface area contributed by atoms with Crippen LogP contribution in [0, 0.1) is 13.8 Å². The molecule has 0 aliphatic carbocycles. The lowest BCUT2D eigenvalue weighted by atomic mass is 10.1. The molecule has 3 aromatic carbocycles. The van der Waals surface area contributed by atoms with Crippen LogP contribution in [0.2, 0.25) is 5.04 Å². The van der Waals surface area contributed by atoms with Crippen molar-refractivity contribution in [3.05, 3.63) is 96.2 Å². The van der Waals surface area contributed by atoms with E-state index in [1.165, 1.54) is 21.7 Å². The van der Waals surface area contributed by atoms with Gasteiger partial charge in [-0.2, -0.15) is 0 Å². The summed E-state index contributed by atoms with van der Waals surface area (Å²) in [6.45, 7) is 13.4. The summed E-state index contributed by atoms with van der Waals surface area (Å²) in [5.74, 6) is 1.04. The highest BCUT2D eigenvalue weighted by Crippen LogP contribution is 2.38. The van der Waals surface area contributed by atoms with Crippen LogP contribution in [-0.2, 0) is 4.43 Å². The van der Waals surface area contributed by atoms with E-state index in [0.29, 0.717) is 18.4 Å². The summed E-state index contributed by atoms with van der Waals surface area (Å²) in [5, 5.41) is 3.21. The molecule has 0 saturated carbocycles. The Morgan fingerprint density at radius 3 is 2.11 bits per heavy atom. The quantitative estimate of drug-likeness (QED) is 0.155. The van der Waals surface area contributed by atoms with E-state index in [1.807, 2.05) is 26.0 Å². The van der Waals surface area contributed by atoms with Gasteiger partial charge in [0.15, 0.2) is 0 Å². The van der Waals surface area contributed by atoms with Gasteiger partial charge in [0.05, 0.1) is 30.4 Å². The van der Waals surface area contributed by atoms with Gasteiger partial charge in [-0.05, 0) is 59.4 Å². The van der Waals surface area contributed by atoms with Gasteiger partial charge in [0.25, 0.3) is 8.32 Å². The third kappa shape index (κ3) is 5.95. The standard InChI is InChI=1S/C36H38N4O3SSi/c1-23-18-28(33-29(19-23)38-31(41-7)21-37-33)34-40-32-24(2)20-30(39-35(32)44-34)42-22-25(3)43-45(36(4,5)6,26-14-10-8-11-15-26)27-16-12-9-13-17-27/h8-21,25H,22H2,1-7H3/t25-/m1/s1. The number of hydrogen-bond acceptors (Lipinski definition) is 8. The van der Waals surface area contributed by atoms with Crippen LogP contribution in [0.1, 0.15) is 38.8 Å². The molecule has 0 saturated heterocycles. The summed E-state index contributed by atoms with van der Waals surface area (Å²) in [5.41, 5.74) is 5.41. The van der Waals surface area contributed by atoms with Crippen LogP contribution in [-0.4, -0.2) is 48.1 Å². The Morgan fingerprint density at radius 2 is 1.49 bits per heavy atom. The zero-order chi connectivity index (χ0) is 31.8. The lowest BCUT2D eigenvalue weighted by Crippen LogP contribution is -2.67. The molecule has 6 aromatic rings. The number of aryl methyl sites for hydroxylation is 2. The SMILES string of the molecule is COc1cnc2c(-c3nc4c(C)cc(OC[C@@H](C)O[Si](c5ccccc5)(c5ccccc5)C(C)(C)C)nc4s3)cc(C)cc2n1. The van der Waals surface area contributed by atoms with Gasteiger partial charge < -0.3 is 13.9 Å². The van der Waals surface area contributed by atoms with Crippen LogP contribution in [0.3, 0.4) is 0 Å². The molecule has 0 N–H and O–H groups in total. The largest absolute Gasteiger partial charge is 0.480 e. The Morgan fingerprint density at radius 1 is 0.822 bits per heavy atom. The van der Waals surface area contributed by atoms with Crippen LogP contribution in [0.4, 0.5) is 0 Å². The summed E-state index contributed by atoms with van der Waals surface area (Å²) >= 11 is 1.53. The van der Waals surface area contributed by atoms with E-state index in [9.17, 15) is 0 Å². The van der Waals surface area contributed by atoms with Gasteiger partial charge in [0, 0.05) is 11.6 Å². The number of benzene rings is 3. The molecular weight excluding hydrogens is 597 g/mol. The number of pyridine rings is 1. The van der Waals surface area contributed by atoms with E-state index in [1.54, 1.807) is 13.3 Å². The van der Waals surface area contributed by atoms with E-state index in [4.69, 9.17) is 23.9 Å². The molecular formula is C36H38N4O3SSi. The molecule has 45 heavy (non-hydrogen) atoms. The maximum Gasteiger partial charge on any atom is 0.261 e. The fourth-order valence-electron chi connectivity index (χ4n) is 5.96. The first-order chi connectivity index (χ1) is 21.6. The van der Waals surface area contributed by atoms with Crippen molar-refractivity contribution in [2.24, 2.45) is 0 Å². The molecule has 230 valence electrons. The molecule has 0 amide bonds. The highest BCUT2D eigenvalue weighted by Gasteiger charge is 2.51. The monoisotopic (exact) mass is 634 g/mol. The average Bonchev–Trinajstić information content (AvgIpc) is 3.47. The fraction of sp³-hybridized carbons (Fsp3) is 0.278. The van der Waals surface area contributed by atoms with Gasteiger partial charge in [-0.3, -0.25) is 0 Å². The van der Waals surface area contributed by atoms with Gasteiger partial charge in [-0.1, -0.05) is 92.8 Å². The van der Waals surface area contributed by atoms with Crippen LogP contribution >= 0.6 is 11.3 Å². The van der Waals surface area contributed by atoms with Crippen molar-refractivity contribution < 1.29 is 13.9 Å². The molecule has 0 aliphatic rings. The zero-order valence-corrected chi connectivity index (χ0v) is 28.6. The summed E-state index contributed by atoms with van der Waals surface area (Å²) in [6.07, 6.45) is 1.46. The van der Waals surface area contributed by atoms with Crippen molar-refractivity contribution in [3.63, 3.8) is 0 Å². The summed E-state index contributed by atoms with van der Waals surface area (Å²) in [4.78, 5) is 19.9. The van der Waals surface area contributed by atoms with Gasteiger partial charge in [0.1, 0.15) is 22.0 Å². The molecule has 0 radical (unpaired) electrons. The van der Waals surface area contributed by atoms with Gasteiger partial charge in [0.2, 0.25) is 11.8 Å². The highest BCUT2D eigenvalue weighted by molar-refractivity contribution is 7.21. The summed E-state index contributed by atoms with van der Waals surface area (Å²) in [6, 6.07) is 27.4. The third-order valence-electron chi connectivity index (χ3n) is 8.00. The van der Waals surface area contributed by atoms with Gasteiger partial charge in [-0.25, -0.2) is 19.9 Å². The second kappa shape index (κ2) is 12.3. The van der Waals surface area contributed by atoms with Crippen LogP contribution < -0.4 is 19.8 Å². The van der Waals surface area contributed by atoms with Crippen LogP contribution in [0.25, 0.3) is 32.0 Å². The van der Waals surface area contributed by atoms with Crippen LogP contribution in [0.5, 0.6) is 11.8 Å². The van der Waals surface area contributed by atoms with Crippen molar-refractivity contribution in [2.75, 3.05) is 13.7 Å². The van der Waals surface area contributed by atoms with E-state index in [0.717, 1.165) is 43.1 Å². The molecule has 7 nitrogen and oxygen atoms in total. The molecule has 6 rings (SSSR count). The highest BCUT2D eigenvalue weighted by atomic mass is 32.1. The number of aromatic nitrogens is 4. The van der Waals surface area contributed by atoms with Gasteiger partial charge >= 0.3 is 0 Å². The number of ether oxygens (including phenoxy) is 2. The number of hydrogen-bond donors (Lipinski definition) is 0. The Hall–Kier alpha value is -4.18. The lowest BCUT2D eigenvalue weighted by Gasteiger charge is -2.44. The molecule has 0 bridgehead atoms. The van der Waals surface area contributed by atoms with Crippen molar-refractivity contribution in [1.29, 1.82) is 0 Å². The Bertz CT molecular complexity index is 1920. The Balaban J connectivity index is 1.29. The first-order valence-corrected chi connectivity index (χ1v) is 17.8. The van der Waals surface area contributed by atoms with Crippen LogP contribution in [0.15, 0.2) is 85.1 Å². The smallest absolute Gasteiger partial charge is 0.261 e. The number of fused-ring (bicyclic) bond motifs is 2. The predicted octanol–water partition coefficient (Wildman–Crippen LogP) is 7.27. The average molecular weight is 635 g/mol. The molecule has 3 heterocycles. The van der Waals surface area contributed by atoms with E-state index < -0.39 is 8.32 Å². The minimum atomic E-state index is -2.70. The second-order valence-electron chi connectivity index (χ2n) is 12.4. The number of nitrogens with zero attached hydrogens (tertiary/aromatic N) is 4. The lowest BCUT2D eigenvalue weighted by molar-refractivity contribution is 0.131. The topological polar surface area (TPSA) is 79.3 Å². The summed E-state index contributed by atoms with van der Waals surface area (Å²) in [7, 11) is -1.11. The van der Waals surface area contributed by atoms with Crippen molar-refractivity contribution in [2.45, 2.75) is 52.7 Å². The second-order valence-corrected chi connectivity index (χ2v) is 17.7. The van der Waals surface area contributed by atoms with E-state index in [-0.39, 0.29) is 11.1 Å². The first-order valence-electron chi connectivity index (χ1n) is 15.1. The molecule has 0 fully saturated rings. The van der Waals surface area contributed by atoms with Crippen molar-refractivity contribution in [3.8, 4) is 22.3 Å². The molecule has 3 aromatic heterocycles. The number of thiazole rings is 1. The van der Waals surface area contributed by atoms with E-state index in [2.05, 4.69) is 104 Å². The van der Waals surface area contributed by atoms with Crippen molar-refractivity contribution >= 4 is 51.4 Å². The minimum Gasteiger partial charge on any atom is -0.480 e. The molecule has 0 spiro atoms. The number of rotatable bonds is 9. The zero-order valence-electron chi connectivity index (χ0n) is 26.8. The van der Waals surface area contributed by atoms with Crippen molar-refractivity contribution in [1.82, 2.24) is 19.9 Å². The Labute approximate surface area is 269 Å². The number of methoxy groups -OCH3 is 1. The normalized spacial score (nSPS) is 12.9. The first kappa shape index (κ1) is 30.8. The fourth-order valence-corrected chi connectivity index (χ4v) is 11.7. The molecule has 1 atom stereocenters. The van der Waals surface area contributed by atoms with E-state index >= 15 is 0 Å². The maximum atomic E-state index is 7.20. The third-order valence-corrected chi connectivity index (χ3v) is 14.1. The minimum absolute atomic E-state index is 0.119. The van der Waals surface area contributed by atoms with Gasteiger partial charge in [-0.15, -0.1) is 0 Å². The molecule has 0 unspecified atom stereocenters. The molecule has 0 aliphatic heterocycles. The predicted molar refractivity (Wildman–Crippen MR) is 186 cm³/mol. The maximum absolute atomic E-state index is 7.20. The summed E-state index contributed by atoms with van der Waals surface area (Å²) < 4.78 is 18.8.